The van der Waals surface area contributed by atoms with E-state index in [1.165, 1.54) is 24.0 Å². The summed E-state index contributed by atoms with van der Waals surface area (Å²) in [6.07, 6.45) is 3.73. The van der Waals surface area contributed by atoms with Crippen LogP contribution in [0.15, 0.2) is 36.4 Å². The van der Waals surface area contributed by atoms with Gasteiger partial charge < -0.3 is 10.2 Å². The van der Waals surface area contributed by atoms with Gasteiger partial charge in [0.1, 0.15) is 11.6 Å². The Hall–Kier alpha value is -2.90. The first-order valence-electron chi connectivity index (χ1n) is 10.3. The molecule has 164 valence electrons. The average molecular weight is 434 g/mol. The van der Waals surface area contributed by atoms with Crippen LogP contribution in [-0.4, -0.2) is 28.8 Å². The van der Waals surface area contributed by atoms with Crippen LogP contribution in [0.25, 0.3) is 0 Å². The van der Waals surface area contributed by atoms with Crippen LogP contribution in [0.1, 0.15) is 53.6 Å². The Morgan fingerprint density at radius 3 is 2.26 bits per heavy atom. The van der Waals surface area contributed by atoms with Crippen LogP contribution in [0, 0.1) is 18.6 Å². The van der Waals surface area contributed by atoms with E-state index in [0.29, 0.717) is 31.7 Å². The Kier molecular flexibility index (Phi) is 5.49. The highest BCUT2D eigenvalue weighted by molar-refractivity contribution is 6.04. The maximum absolute atomic E-state index is 15.1. The van der Waals surface area contributed by atoms with Gasteiger partial charge in [-0.1, -0.05) is 0 Å². The average Bonchev–Trinajstić information content (AvgIpc) is 2.98. The van der Waals surface area contributed by atoms with E-state index in [-0.39, 0.29) is 23.3 Å². The molecule has 31 heavy (non-hydrogen) atoms. The van der Waals surface area contributed by atoms with E-state index >= 15 is 8.78 Å². The number of carbonyl (C=O) groups excluding carboxylic acids is 2. The van der Waals surface area contributed by atoms with Gasteiger partial charge in [0.05, 0.1) is 5.56 Å². The number of fused-ring (bicyclic) bond motifs is 2. The molecule has 4 rings (SSSR count). The van der Waals surface area contributed by atoms with Crippen LogP contribution >= 0.6 is 0 Å². The number of carbonyl (C=O) groups is 2. The number of hydrogen-bond donors (Lipinski definition) is 1. The number of hydrogen-bond acceptors (Lipinski definition) is 2. The number of aryl methyl sites for hydroxylation is 1. The first-order chi connectivity index (χ1) is 14.7. The lowest BCUT2D eigenvalue weighted by atomic mass is 9.98. The predicted molar refractivity (Wildman–Crippen MR) is 107 cm³/mol. The van der Waals surface area contributed by atoms with Gasteiger partial charge in [-0.2, -0.15) is 8.78 Å². The third kappa shape index (κ3) is 3.91. The van der Waals surface area contributed by atoms with Gasteiger partial charge in [-0.15, -0.1) is 0 Å². The summed E-state index contributed by atoms with van der Waals surface area (Å²) in [4.78, 5) is 26.6. The first kappa shape index (κ1) is 21.3. The fraction of sp³-hybridized carbons (Fsp3) is 0.391. The fourth-order valence-electron chi connectivity index (χ4n) is 4.55. The number of piperidine rings is 1. The zero-order valence-corrected chi connectivity index (χ0v) is 16.9. The quantitative estimate of drug-likeness (QED) is 0.676. The minimum Gasteiger partial charge on any atom is -0.331 e. The van der Waals surface area contributed by atoms with Crippen molar-refractivity contribution in [2.24, 2.45) is 0 Å². The molecule has 0 saturated carbocycles. The van der Waals surface area contributed by atoms with Crippen LogP contribution in [0.5, 0.6) is 0 Å². The first-order valence-corrected chi connectivity index (χ1v) is 10.3. The van der Waals surface area contributed by atoms with E-state index in [4.69, 9.17) is 0 Å². The van der Waals surface area contributed by atoms with Gasteiger partial charge in [-0.25, -0.2) is 8.78 Å². The summed E-state index contributed by atoms with van der Waals surface area (Å²) < 4.78 is 57.9. The molecule has 2 saturated heterocycles. The molecule has 8 heteroatoms. The summed E-state index contributed by atoms with van der Waals surface area (Å²) >= 11 is 0. The van der Waals surface area contributed by atoms with Crippen molar-refractivity contribution in [1.29, 1.82) is 0 Å². The number of nitrogens with zero attached hydrogens (tertiary/aromatic N) is 1. The molecule has 0 spiro atoms. The topological polar surface area (TPSA) is 49.4 Å². The minimum absolute atomic E-state index is 0.193. The molecule has 2 fully saturated rings. The second-order valence-corrected chi connectivity index (χ2v) is 8.22. The van der Waals surface area contributed by atoms with Crippen LogP contribution in [0.2, 0.25) is 0 Å². The maximum atomic E-state index is 15.1. The molecule has 4 nitrogen and oxygen atoms in total. The van der Waals surface area contributed by atoms with Crippen LogP contribution in [-0.2, 0) is 10.7 Å². The number of nitrogens with one attached hydrogen (secondary N) is 1. The smallest absolute Gasteiger partial charge is 0.331 e. The molecule has 2 aliphatic heterocycles. The zero-order valence-electron chi connectivity index (χ0n) is 16.9. The third-order valence-corrected chi connectivity index (χ3v) is 6.19. The lowest BCUT2D eigenvalue weighted by molar-refractivity contribution is -0.163. The number of benzene rings is 2. The highest BCUT2D eigenvalue weighted by Gasteiger charge is 2.51. The number of halogens is 4. The van der Waals surface area contributed by atoms with Gasteiger partial charge in [0.2, 0.25) is 0 Å². The second-order valence-electron chi connectivity index (χ2n) is 8.22. The molecule has 2 heterocycles. The summed E-state index contributed by atoms with van der Waals surface area (Å²) in [5.74, 6) is -7.62. The van der Waals surface area contributed by atoms with Crippen molar-refractivity contribution in [3.8, 4) is 0 Å². The third-order valence-electron chi connectivity index (χ3n) is 6.19. The molecule has 2 aromatic carbocycles. The standard InChI is InChI=1S/C23H22F4N2O2/c1-13-11-15(6-10-19(13)24)28-21(30)18-12-14(5-9-20(18)25)23(26,27)22(31)29-16-3-2-4-17(29)8-7-16/h5-6,9-12,16-17H,2-4,7-8H2,1H3,(H,28,30). The summed E-state index contributed by atoms with van der Waals surface area (Å²) in [6, 6.07) is 5.68. The van der Waals surface area contributed by atoms with Crippen molar-refractivity contribution in [2.75, 3.05) is 5.32 Å². The lowest BCUT2D eigenvalue weighted by Gasteiger charge is -2.37. The van der Waals surface area contributed by atoms with Crippen molar-refractivity contribution >= 4 is 17.5 Å². The second kappa shape index (κ2) is 7.98. The van der Waals surface area contributed by atoms with Gasteiger partial charge in [0, 0.05) is 23.3 Å². The van der Waals surface area contributed by atoms with Gasteiger partial charge in [-0.05, 0) is 81.0 Å². The molecule has 2 bridgehead atoms. The number of amides is 2. The number of anilines is 1. The van der Waals surface area contributed by atoms with E-state index < -0.39 is 40.5 Å². The van der Waals surface area contributed by atoms with Crippen LogP contribution in [0.4, 0.5) is 23.2 Å². The van der Waals surface area contributed by atoms with Crippen molar-refractivity contribution < 1.29 is 27.2 Å². The molecule has 0 aromatic heterocycles. The molecule has 2 aliphatic rings. The normalized spacial score (nSPS) is 20.6. The molecule has 0 radical (unpaired) electrons. The number of rotatable bonds is 4. The summed E-state index contributed by atoms with van der Waals surface area (Å²) in [5.41, 5.74) is -0.889. The zero-order chi connectivity index (χ0) is 22.3. The van der Waals surface area contributed by atoms with Crippen molar-refractivity contribution in [3.05, 3.63) is 64.7 Å². The van der Waals surface area contributed by atoms with Gasteiger partial charge in [0.25, 0.3) is 11.8 Å². The van der Waals surface area contributed by atoms with E-state index in [1.807, 2.05) is 0 Å². The summed E-state index contributed by atoms with van der Waals surface area (Å²) in [5, 5.41) is 2.38. The molecule has 2 atom stereocenters. The molecule has 2 unspecified atom stereocenters. The predicted octanol–water partition coefficient (Wildman–Crippen LogP) is 5.16. The van der Waals surface area contributed by atoms with Gasteiger partial charge in [-0.3, -0.25) is 9.59 Å². The Labute approximate surface area is 177 Å². The van der Waals surface area contributed by atoms with Crippen molar-refractivity contribution in [2.45, 2.75) is 57.0 Å². The molecular weight excluding hydrogens is 412 g/mol. The monoisotopic (exact) mass is 434 g/mol. The largest absolute Gasteiger partial charge is 0.350 e. The molecule has 0 aliphatic carbocycles. The summed E-state index contributed by atoms with van der Waals surface area (Å²) in [7, 11) is 0. The van der Waals surface area contributed by atoms with Crippen molar-refractivity contribution in [3.63, 3.8) is 0 Å². The Bertz CT molecular complexity index is 1020. The van der Waals surface area contributed by atoms with Gasteiger partial charge in [0.15, 0.2) is 0 Å². The Balaban J connectivity index is 1.59. The van der Waals surface area contributed by atoms with E-state index in [9.17, 15) is 18.4 Å². The Morgan fingerprint density at radius 2 is 1.61 bits per heavy atom. The molecular formula is C23H22F4N2O2. The van der Waals surface area contributed by atoms with Crippen LogP contribution < -0.4 is 5.32 Å². The Morgan fingerprint density at radius 1 is 0.968 bits per heavy atom. The van der Waals surface area contributed by atoms with Gasteiger partial charge >= 0.3 is 5.92 Å². The van der Waals surface area contributed by atoms with E-state index in [0.717, 1.165) is 24.6 Å². The lowest BCUT2D eigenvalue weighted by Crippen LogP contribution is -2.50. The highest BCUT2D eigenvalue weighted by Crippen LogP contribution is 2.41. The van der Waals surface area contributed by atoms with E-state index in [1.54, 1.807) is 0 Å². The molecule has 1 N–H and O–H groups in total. The maximum Gasteiger partial charge on any atom is 0.350 e. The van der Waals surface area contributed by atoms with Crippen LogP contribution in [0.3, 0.4) is 0 Å². The minimum atomic E-state index is -3.88. The SMILES string of the molecule is Cc1cc(NC(=O)c2cc(C(F)(F)C(=O)N3C4CCCC3CC4)ccc2F)ccc1F. The fourth-order valence-corrected chi connectivity index (χ4v) is 4.55. The number of alkyl halides is 2. The van der Waals surface area contributed by atoms with Crippen molar-refractivity contribution in [1.82, 2.24) is 4.90 Å². The molecule has 2 amide bonds. The highest BCUT2D eigenvalue weighted by atomic mass is 19.3. The summed E-state index contributed by atoms with van der Waals surface area (Å²) in [6.45, 7) is 1.49. The van der Waals surface area contributed by atoms with E-state index in [2.05, 4.69) is 5.32 Å². The molecule has 2 aromatic rings.